The molecule has 0 heterocycles. The average molecular weight is 578 g/mol. The maximum Gasteiger partial charge on any atom is 0.452 e. The van der Waals surface area contributed by atoms with E-state index in [1.807, 2.05) is 5.32 Å². The smallest absolute Gasteiger partial charge is 0.452 e. The van der Waals surface area contributed by atoms with E-state index in [1.165, 1.54) is 57.4 Å². The van der Waals surface area contributed by atoms with Crippen molar-refractivity contribution >= 4 is 35.1 Å². The van der Waals surface area contributed by atoms with E-state index < -0.39 is 65.7 Å². The van der Waals surface area contributed by atoms with Gasteiger partial charge in [-0.25, -0.2) is 0 Å². The fourth-order valence-corrected chi connectivity index (χ4v) is 3.53. The van der Waals surface area contributed by atoms with Crippen LogP contribution in [0.3, 0.4) is 0 Å². The number of halogens is 6. The van der Waals surface area contributed by atoms with Crippen molar-refractivity contribution in [1.82, 2.24) is 16.0 Å². The molecule has 14 heteroatoms. The minimum absolute atomic E-state index is 0.0465. The number of ether oxygens (including phenoxy) is 1. The zero-order valence-electron chi connectivity index (χ0n) is 20.9. The standard InChI is InChI=1S/C25H25ClF5N3O5/c1-13(2)19(21(36)25(29,30)31)34-22(37)20(14-7-9-17(39-3)10-8-14)33-18(35)12-32-23(38)24(27,28)15-5-4-6-16(26)11-15/h4-11,13,19-20H,12H2,1-3H3,(H,32,38)(H,33,35)(H,34,37)/t19-,20?/m0/s1. The average Bonchev–Trinajstić information content (AvgIpc) is 2.87. The lowest BCUT2D eigenvalue weighted by Crippen LogP contribution is -2.53. The van der Waals surface area contributed by atoms with E-state index in [0.29, 0.717) is 5.75 Å². The molecule has 212 valence electrons. The number of carbonyl (C=O) groups excluding carboxylic acids is 4. The number of Topliss-reactive ketones (excluding diaryl/α,β-unsaturated/α-hetero) is 1. The molecular formula is C25H25ClF5N3O5. The van der Waals surface area contributed by atoms with E-state index in [2.05, 4.69) is 5.32 Å². The van der Waals surface area contributed by atoms with Gasteiger partial charge in [0.1, 0.15) is 11.8 Å². The number of amides is 3. The van der Waals surface area contributed by atoms with Crippen LogP contribution >= 0.6 is 11.6 Å². The molecule has 2 aromatic rings. The fraction of sp³-hybridized carbons (Fsp3) is 0.360. The predicted molar refractivity (Wildman–Crippen MR) is 130 cm³/mol. The summed E-state index contributed by atoms with van der Waals surface area (Å²) in [6.45, 7) is 1.56. The van der Waals surface area contributed by atoms with Crippen molar-refractivity contribution in [3.05, 3.63) is 64.7 Å². The van der Waals surface area contributed by atoms with E-state index in [4.69, 9.17) is 16.3 Å². The molecule has 0 bridgehead atoms. The van der Waals surface area contributed by atoms with Crippen LogP contribution < -0.4 is 20.7 Å². The Labute approximate surface area is 225 Å². The number of ketones is 1. The number of carbonyl (C=O) groups is 4. The normalized spacial score (nSPS) is 13.3. The molecule has 1 unspecified atom stereocenters. The molecule has 0 aliphatic carbocycles. The minimum Gasteiger partial charge on any atom is -0.497 e. The molecule has 0 aromatic heterocycles. The van der Waals surface area contributed by atoms with Gasteiger partial charge in [-0.2, -0.15) is 22.0 Å². The molecule has 0 aliphatic rings. The zero-order valence-corrected chi connectivity index (χ0v) is 21.6. The Morgan fingerprint density at radius 3 is 2.08 bits per heavy atom. The van der Waals surface area contributed by atoms with Crippen LogP contribution in [0.1, 0.15) is 31.0 Å². The Morgan fingerprint density at radius 2 is 1.56 bits per heavy atom. The largest absolute Gasteiger partial charge is 0.497 e. The minimum atomic E-state index is -5.24. The molecule has 3 N–H and O–H groups in total. The summed E-state index contributed by atoms with van der Waals surface area (Å²) >= 11 is 5.69. The van der Waals surface area contributed by atoms with Crippen LogP contribution in [0.4, 0.5) is 22.0 Å². The highest BCUT2D eigenvalue weighted by molar-refractivity contribution is 6.30. The molecule has 3 amide bonds. The number of hydrogen-bond acceptors (Lipinski definition) is 5. The van der Waals surface area contributed by atoms with Gasteiger partial charge in [0.15, 0.2) is 0 Å². The van der Waals surface area contributed by atoms with E-state index >= 15 is 0 Å². The van der Waals surface area contributed by atoms with Crippen LogP contribution in [0.15, 0.2) is 48.5 Å². The van der Waals surface area contributed by atoms with Crippen LogP contribution in [-0.2, 0) is 25.1 Å². The number of rotatable bonds is 11. The van der Waals surface area contributed by atoms with Gasteiger partial charge in [0.05, 0.1) is 19.7 Å². The second kappa shape index (κ2) is 12.9. The summed E-state index contributed by atoms with van der Waals surface area (Å²) in [6.07, 6.45) is -5.24. The molecule has 2 rings (SSSR count). The third kappa shape index (κ3) is 8.37. The summed E-state index contributed by atoms with van der Waals surface area (Å²) < 4.78 is 73.2. The molecular weight excluding hydrogens is 553 g/mol. The first kappa shape index (κ1) is 31.5. The fourth-order valence-electron chi connectivity index (χ4n) is 3.34. The van der Waals surface area contributed by atoms with Gasteiger partial charge in [-0.3, -0.25) is 19.2 Å². The van der Waals surface area contributed by atoms with Crippen molar-refractivity contribution in [2.24, 2.45) is 5.92 Å². The summed E-state index contributed by atoms with van der Waals surface area (Å²) in [5.41, 5.74) is -0.656. The quantitative estimate of drug-likeness (QED) is 0.353. The molecule has 0 saturated carbocycles. The molecule has 0 saturated heterocycles. The molecule has 2 atom stereocenters. The van der Waals surface area contributed by atoms with Gasteiger partial charge < -0.3 is 20.7 Å². The second-order valence-corrected chi connectivity index (χ2v) is 9.07. The van der Waals surface area contributed by atoms with Crippen molar-refractivity contribution < 1.29 is 45.9 Å². The Balaban J connectivity index is 2.22. The third-order valence-electron chi connectivity index (χ3n) is 5.42. The summed E-state index contributed by atoms with van der Waals surface area (Å²) in [7, 11) is 1.36. The zero-order chi connectivity index (χ0) is 29.5. The highest BCUT2D eigenvalue weighted by atomic mass is 35.5. The lowest BCUT2D eigenvalue weighted by Gasteiger charge is -2.26. The van der Waals surface area contributed by atoms with Gasteiger partial charge in [0.2, 0.25) is 11.8 Å². The van der Waals surface area contributed by atoms with Gasteiger partial charge in [-0.1, -0.05) is 49.7 Å². The number of methoxy groups -OCH3 is 1. The number of nitrogens with one attached hydrogen (secondary N) is 3. The maximum atomic E-state index is 14.5. The number of alkyl halides is 5. The molecule has 0 aliphatic heterocycles. The topological polar surface area (TPSA) is 114 Å². The van der Waals surface area contributed by atoms with Crippen molar-refractivity contribution in [1.29, 1.82) is 0 Å². The molecule has 2 aromatic carbocycles. The Morgan fingerprint density at radius 1 is 0.949 bits per heavy atom. The number of benzene rings is 2. The van der Waals surface area contributed by atoms with E-state index in [0.717, 1.165) is 12.1 Å². The van der Waals surface area contributed by atoms with Crippen LogP contribution in [0.2, 0.25) is 5.02 Å². The maximum absolute atomic E-state index is 14.5. The Kier molecular flexibility index (Phi) is 10.4. The molecule has 0 fully saturated rings. The van der Waals surface area contributed by atoms with Crippen molar-refractivity contribution in [3.63, 3.8) is 0 Å². The van der Waals surface area contributed by atoms with Crippen LogP contribution in [-0.4, -0.2) is 49.4 Å². The lowest BCUT2D eigenvalue weighted by atomic mass is 9.98. The first-order chi connectivity index (χ1) is 18.1. The van der Waals surface area contributed by atoms with Crippen molar-refractivity contribution in [2.75, 3.05) is 13.7 Å². The van der Waals surface area contributed by atoms with Crippen LogP contribution in [0.5, 0.6) is 5.75 Å². The Bertz CT molecular complexity index is 1210. The van der Waals surface area contributed by atoms with Crippen LogP contribution in [0.25, 0.3) is 0 Å². The predicted octanol–water partition coefficient (Wildman–Crippen LogP) is 3.69. The molecule has 0 spiro atoms. The molecule has 39 heavy (non-hydrogen) atoms. The van der Waals surface area contributed by atoms with Crippen molar-refractivity contribution in [3.8, 4) is 5.75 Å². The monoisotopic (exact) mass is 577 g/mol. The van der Waals surface area contributed by atoms with E-state index in [-0.39, 0.29) is 10.6 Å². The first-order valence-electron chi connectivity index (χ1n) is 11.3. The summed E-state index contributed by atoms with van der Waals surface area (Å²) in [5.74, 6) is -11.0. The molecule has 8 nitrogen and oxygen atoms in total. The Hall–Kier alpha value is -3.74. The van der Waals surface area contributed by atoms with Gasteiger partial charge >= 0.3 is 12.1 Å². The second-order valence-electron chi connectivity index (χ2n) is 8.63. The first-order valence-corrected chi connectivity index (χ1v) is 11.7. The van der Waals surface area contributed by atoms with E-state index in [9.17, 15) is 41.1 Å². The van der Waals surface area contributed by atoms with Gasteiger partial charge in [0, 0.05) is 10.6 Å². The SMILES string of the molecule is COc1ccc(C(NC(=O)CNC(=O)C(F)(F)c2cccc(Cl)c2)C(=O)N[C@H](C(=O)C(F)(F)F)C(C)C)cc1. The lowest BCUT2D eigenvalue weighted by molar-refractivity contribution is -0.175. The van der Waals surface area contributed by atoms with Crippen LogP contribution in [0, 0.1) is 5.92 Å². The highest BCUT2D eigenvalue weighted by Crippen LogP contribution is 2.30. The van der Waals surface area contributed by atoms with Gasteiger partial charge in [-0.15, -0.1) is 0 Å². The highest BCUT2D eigenvalue weighted by Gasteiger charge is 2.45. The summed E-state index contributed by atoms with van der Waals surface area (Å²) in [6, 6.07) is 6.19. The van der Waals surface area contributed by atoms with Gasteiger partial charge in [0.25, 0.3) is 11.7 Å². The number of hydrogen-bond donors (Lipinski definition) is 3. The molecule has 0 radical (unpaired) electrons. The summed E-state index contributed by atoms with van der Waals surface area (Å²) in [5, 5.41) is 5.89. The third-order valence-corrected chi connectivity index (χ3v) is 5.66. The van der Waals surface area contributed by atoms with Gasteiger partial charge in [-0.05, 0) is 35.7 Å². The van der Waals surface area contributed by atoms with E-state index in [1.54, 1.807) is 5.32 Å². The van der Waals surface area contributed by atoms with Crippen molar-refractivity contribution in [2.45, 2.75) is 38.0 Å². The summed E-state index contributed by atoms with van der Waals surface area (Å²) in [4.78, 5) is 49.5.